The molecule has 1 spiro atoms. The first kappa shape index (κ1) is 20.5. The third-order valence-corrected chi connectivity index (χ3v) is 8.16. The number of unbranched alkanes of at least 4 members (excludes halogenated alkanes) is 1. The van der Waals surface area contributed by atoms with E-state index in [4.69, 9.17) is 19.2 Å². The molecule has 164 valence electrons. The molecule has 0 radical (unpaired) electrons. The van der Waals surface area contributed by atoms with Gasteiger partial charge in [0.15, 0.2) is 5.60 Å². The molecular weight excluding hydrogens is 380 g/mol. The van der Waals surface area contributed by atoms with E-state index in [-0.39, 0.29) is 17.8 Å². The summed E-state index contributed by atoms with van der Waals surface area (Å²) in [7, 11) is 0. The van der Waals surface area contributed by atoms with Crippen molar-refractivity contribution in [3.8, 4) is 0 Å². The molecular formula is C25H34O5. The highest BCUT2D eigenvalue weighted by molar-refractivity contribution is 5.74. The Morgan fingerprint density at radius 3 is 2.70 bits per heavy atom. The second-order valence-electron chi connectivity index (χ2n) is 9.86. The highest BCUT2D eigenvalue weighted by Crippen LogP contribution is 2.60. The zero-order valence-electron chi connectivity index (χ0n) is 18.2. The Morgan fingerprint density at radius 2 is 1.90 bits per heavy atom. The van der Waals surface area contributed by atoms with Gasteiger partial charge in [-0.15, -0.1) is 0 Å². The molecule has 4 heterocycles. The lowest BCUT2D eigenvalue weighted by Crippen LogP contribution is -2.70. The van der Waals surface area contributed by atoms with Crippen molar-refractivity contribution in [2.24, 2.45) is 23.7 Å². The fourth-order valence-corrected chi connectivity index (χ4v) is 6.48. The smallest absolute Gasteiger partial charge is 0.311 e. The van der Waals surface area contributed by atoms with Crippen LogP contribution in [0.1, 0.15) is 70.8 Å². The van der Waals surface area contributed by atoms with Crippen molar-refractivity contribution in [3.05, 3.63) is 35.9 Å². The summed E-state index contributed by atoms with van der Waals surface area (Å²) >= 11 is 0. The van der Waals surface area contributed by atoms with Gasteiger partial charge in [-0.05, 0) is 43.6 Å². The quantitative estimate of drug-likeness (QED) is 0.474. The summed E-state index contributed by atoms with van der Waals surface area (Å²) in [6.07, 6.45) is 7.68. The molecule has 0 amide bonds. The van der Waals surface area contributed by atoms with Gasteiger partial charge in [-0.1, -0.05) is 57.0 Å². The molecule has 5 heteroatoms. The molecule has 1 aromatic rings. The van der Waals surface area contributed by atoms with E-state index < -0.39 is 17.7 Å². The highest BCUT2D eigenvalue weighted by atomic mass is 17.3. The number of benzene rings is 1. The van der Waals surface area contributed by atoms with Crippen molar-refractivity contribution in [2.75, 3.05) is 0 Å². The van der Waals surface area contributed by atoms with E-state index >= 15 is 0 Å². The van der Waals surface area contributed by atoms with E-state index in [0.717, 1.165) is 51.4 Å². The van der Waals surface area contributed by atoms with Gasteiger partial charge in [0.1, 0.15) is 0 Å². The van der Waals surface area contributed by atoms with Crippen molar-refractivity contribution < 1.29 is 24.0 Å². The molecule has 7 atom stereocenters. The lowest BCUT2D eigenvalue weighted by molar-refractivity contribution is -0.564. The molecule has 5 fully saturated rings. The highest BCUT2D eigenvalue weighted by Gasteiger charge is 2.71. The molecule has 1 saturated carbocycles. The number of carbonyl (C=O) groups excluding carboxylic acids is 1. The SMILES string of the molecule is CCCC[C@H]1C(=O)O[C@@H]2O[C@@]3(CCc4ccccc4)CC[C@H]4[C@H](C)CC[C@@H]1[C@@]24OO3. The van der Waals surface area contributed by atoms with Crippen molar-refractivity contribution >= 4 is 5.97 Å². The molecule has 6 rings (SSSR count). The maximum atomic E-state index is 13.0. The summed E-state index contributed by atoms with van der Waals surface area (Å²) in [6.45, 7) is 4.47. The average molecular weight is 415 g/mol. The summed E-state index contributed by atoms with van der Waals surface area (Å²) in [5, 5.41) is 0. The third kappa shape index (κ3) is 3.21. The Labute approximate surface area is 179 Å². The standard InChI is InChI=1S/C25H34O5/c1-3-4-10-19-21-12-11-17(2)20-14-16-24(15-13-18-8-6-5-7-9-18)28-23(27-22(19)26)25(20,21)30-29-24/h5-9,17,19-21,23H,3-4,10-16H2,1-2H3/t17-,19-,20+,21+,23-,24-,25-/m1/s1. The molecule has 0 N–H and O–H groups in total. The van der Waals surface area contributed by atoms with Gasteiger partial charge >= 0.3 is 5.97 Å². The second-order valence-corrected chi connectivity index (χ2v) is 9.86. The number of hydrogen-bond acceptors (Lipinski definition) is 5. The van der Waals surface area contributed by atoms with Gasteiger partial charge in [0, 0.05) is 24.7 Å². The molecule has 4 aliphatic heterocycles. The molecule has 2 bridgehead atoms. The van der Waals surface area contributed by atoms with Gasteiger partial charge < -0.3 is 9.47 Å². The predicted molar refractivity (Wildman–Crippen MR) is 111 cm³/mol. The van der Waals surface area contributed by atoms with Crippen LogP contribution in [0, 0.1) is 23.7 Å². The first-order chi connectivity index (χ1) is 14.6. The van der Waals surface area contributed by atoms with Crippen LogP contribution in [0.25, 0.3) is 0 Å². The van der Waals surface area contributed by atoms with Gasteiger partial charge in [-0.2, -0.15) is 0 Å². The topological polar surface area (TPSA) is 54.0 Å². The summed E-state index contributed by atoms with van der Waals surface area (Å²) in [5.74, 6) is -0.155. The van der Waals surface area contributed by atoms with Crippen LogP contribution in [-0.2, 0) is 30.5 Å². The van der Waals surface area contributed by atoms with Crippen LogP contribution in [-0.4, -0.2) is 23.6 Å². The monoisotopic (exact) mass is 414 g/mol. The lowest BCUT2D eigenvalue weighted by atomic mass is 9.57. The molecule has 0 unspecified atom stereocenters. The fraction of sp³-hybridized carbons (Fsp3) is 0.720. The molecule has 1 aromatic carbocycles. The third-order valence-electron chi connectivity index (χ3n) is 8.16. The Bertz CT molecular complexity index is 766. The zero-order valence-corrected chi connectivity index (χ0v) is 18.2. The van der Waals surface area contributed by atoms with E-state index in [2.05, 4.69) is 26.0 Å². The number of rotatable bonds is 6. The van der Waals surface area contributed by atoms with E-state index in [9.17, 15) is 4.79 Å². The largest absolute Gasteiger partial charge is 0.432 e. The van der Waals surface area contributed by atoms with Gasteiger partial charge in [-0.25, -0.2) is 9.78 Å². The van der Waals surface area contributed by atoms with Crippen LogP contribution >= 0.6 is 0 Å². The Morgan fingerprint density at radius 1 is 1.07 bits per heavy atom. The van der Waals surface area contributed by atoms with E-state index in [1.165, 1.54) is 5.56 Å². The minimum Gasteiger partial charge on any atom is -0.432 e. The van der Waals surface area contributed by atoms with Crippen molar-refractivity contribution in [1.82, 2.24) is 0 Å². The number of fused-ring (bicyclic) bond motifs is 2. The molecule has 0 aromatic heterocycles. The van der Waals surface area contributed by atoms with Gasteiger partial charge in [-0.3, -0.25) is 4.79 Å². The maximum Gasteiger partial charge on any atom is 0.311 e. The predicted octanol–water partition coefficient (Wildman–Crippen LogP) is 5.18. The second kappa shape index (κ2) is 7.92. The molecule has 5 aliphatic rings. The maximum absolute atomic E-state index is 13.0. The first-order valence-electron chi connectivity index (χ1n) is 11.9. The van der Waals surface area contributed by atoms with E-state index in [0.29, 0.717) is 18.3 Å². The molecule has 5 nitrogen and oxygen atoms in total. The van der Waals surface area contributed by atoms with Crippen LogP contribution in [0.5, 0.6) is 0 Å². The molecule has 1 aliphatic carbocycles. The van der Waals surface area contributed by atoms with E-state index in [1.54, 1.807) is 0 Å². The minimum absolute atomic E-state index is 0.105. The molecule has 4 saturated heterocycles. The Hall–Kier alpha value is -1.43. The number of aryl methyl sites for hydroxylation is 1. The Kier molecular flexibility index (Phi) is 5.41. The van der Waals surface area contributed by atoms with Gasteiger partial charge in [0.05, 0.1) is 5.92 Å². The zero-order chi connectivity index (χ0) is 20.8. The normalized spacial score (nSPS) is 42.3. The van der Waals surface area contributed by atoms with Crippen molar-refractivity contribution in [1.29, 1.82) is 0 Å². The van der Waals surface area contributed by atoms with Crippen molar-refractivity contribution in [3.63, 3.8) is 0 Å². The number of hydrogen-bond donors (Lipinski definition) is 0. The van der Waals surface area contributed by atoms with Crippen LogP contribution < -0.4 is 0 Å². The number of carbonyl (C=O) groups is 1. The number of ether oxygens (including phenoxy) is 2. The average Bonchev–Trinajstić information content (AvgIpc) is 3.01. The lowest BCUT2D eigenvalue weighted by Gasteiger charge is -2.58. The summed E-state index contributed by atoms with van der Waals surface area (Å²) < 4.78 is 12.5. The fourth-order valence-electron chi connectivity index (χ4n) is 6.48. The molecule has 30 heavy (non-hydrogen) atoms. The van der Waals surface area contributed by atoms with Crippen LogP contribution in [0.4, 0.5) is 0 Å². The van der Waals surface area contributed by atoms with Gasteiger partial charge in [0.2, 0.25) is 12.1 Å². The van der Waals surface area contributed by atoms with Crippen molar-refractivity contribution in [2.45, 2.75) is 89.3 Å². The van der Waals surface area contributed by atoms with Crippen LogP contribution in [0.3, 0.4) is 0 Å². The summed E-state index contributed by atoms with van der Waals surface area (Å²) in [6, 6.07) is 10.4. The Balaban J connectivity index is 1.43. The van der Waals surface area contributed by atoms with Crippen LogP contribution in [0.15, 0.2) is 30.3 Å². The van der Waals surface area contributed by atoms with E-state index in [1.807, 2.05) is 18.2 Å². The first-order valence-corrected chi connectivity index (χ1v) is 11.9. The minimum atomic E-state index is -0.843. The van der Waals surface area contributed by atoms with Crippen LogP contribution in [0.2, 0.25) is 0 Å². The van der Waals surface area contributed by atoms with Gasteiger partial charge in [0.25, 0.3) is 0 Å². The summed E-state index contributed by atoms with van der Waals surface area (Å²) in [5.41, 5.74) is 0.587. The summed E-state index contributed by atoms with van der Waals surface area (Å²) in [4.78, 5) is 25.5. The number of esters is 1.